The van der Waals surface area contributed by atoms with E-state index in [2.05, 4.69) is 15.0 Å². The molecule has 1 heterocycles. The summed E-state index contributed by atoms with van der Waals surface area (Å²) in [6.07, 6.45) is 0. The number of aliphatic imine (C=N–C) groups is 1. The summed E-state index contributed by atoms with van der Waals surface area (Å²) in [5.41, 5.74) is 9.14. The van der Waals surface area contributed by atoms with Crippen LogP contribution in [0.1, 0.15) is 5.56 Å². The van der Waals surface area contributed by atoms with Gasteiger partial charge in [0.05, 0.1) is 12.6 Å². The van der Waals surface area contributed by atoms with Gasteiger partial charge in [0.2, 0.25) is 5.90 Å². The maximum Gasteiger partial charge on any atom is 0.216 e. The summed E-state index contributed by atoms with van der Waals surface area (Å²) in [6, 6.07) is 9.64. The molecule has 5 nitrogen and oxygen atoms in total. The Morgan fingerprint density at radius 1 is 1.47 bits per heavy atom. The highest BCUT2D eigenvalue weighted by Crippen LogP contribution is 2.11. The first-order valence-electron chi connectivity index (χ1n) is 4.67. The number of nitrogens with zero attached hydrogens (tertiary/aromatic N) is 4. The van der Waals surface area contributed by atoms with E-state index in [1.807, 2.05) is 30.3 Å². The molecule has 0 fully saturated rings. The van der Waals surface area contributed by atoms with Crippen LogP contribution in [0.2, 0.25) is 0 Å². The summed E-state index contributed by atoms with van der Waals surface area (Å²) in [5.74, 6) is 0.633. The third-order valence-electron chi connectivity index (χ3n) is 2.09. The number of hydrogen-bond donors (Lipinski definition) is 0. The van der Waals surface area contributed by atoms with Crippen LogP contribution < -0.4 is 0 Å². The van der Waals surface area contributed by atoms with Crippen LogP contribution in [0.5, 0.6) is 0 Å². The Hall–Kier alpha value is -2.00. The molecule has 0 amide bonds. The Balaban J connectivity index is 2.09. The van der Waals surface area contributed by atoms with Gasteiger partial charge in [-0.3, -0.25) is 0 Å². The fourth-order valence-corrected chi connectivity index (χ4v) is 1.38. The second-order valence-corrected chi connectivity index (χ2v) is 3.18. The Labute approximate surface area is 87.0 Å². The van der Waals surface area contributed by atoms with Crippen molar-refractivity contribution in [3.63, 3.8) is 0 Å². The van der Waals surface area contributed by atoms with Crippen molar-refractivity contribution in [3.05, 3.63) is 46.3 Å². The van der Waals surface area contributed by atoms with Crippen LogP contribution in [0.25, 0.3) is 10.4 Å². The predicted octanol–water partition coefficient (Wildman–Crippen LogP) is 2.14. The molecular formula is C10H10N4O. The van der Waals surface area contributed by atoms with Crippen LogP contribution >= 0.6 is 0 Å². The minimum Gasteiger partial charge on any atom is -0.475 e. The van der Waals surface area contributed by atoms with Crippen molar-refractivity contribution < 1.29 is 4.74 Å². The SMILES string of the molecule is [N-]=[N+]=NC[C@@H]1COC(c2ccccc2)=N1. The molecule has 2 rings (SSSR count). The maximum absolute atomic E-state index is 8.18. The molecule has 0 unspecified atom stereocenters. The average molecular weight is 202 g/mol. The van der Waals surface area contributed by atoms with Crippen LogP contribution in [0.4, 0.5) is 0 Å². The van der Waals surface area contributed by atoms with Gasteiger partial charge in [-0.2, -0.15) is 0 Å². The van der Waals surface area contributed by atoms with E-state index in [1.54, 1.807) is 0 Å². The zero-order chi connectivity index (χ0) is 10.5. The standard InChI is InChI=1S/C10H10N4O/c11-14-12-6-9-7-15-10(13-9)8-4-2-1-3-5-8/h1-5,9H,6-7H2/t9-/m1/s1. The maximum atomic E-state index is 8.18. The van der Waals surface area contributed by atoms with Crippen LogP contribution in [-0.2, 0) is 4.74 Å². The van der Waals surface area contributed by atoms with Gasteiger partial charge in [0.15, 0.2) is 0 Å². The zero-order valence-electron chi connectivity index (χ0n) is 8.08. The van der Waals surface area contributed by atoms with Crippen LogP contribution in [0.3, 0.4) is 0 Å². The molecule has 5 heteroatoms. The summed E-state index contributed by atoms with van der Waals surface area (Å²) >= 11 is 0. The van der Waals surface area contributed by atoms with Crippen LogP contribution in [0, 0.1) is 0 Å². The molecule has 0 N–H and O–H groups in total. The van der Waals surface area contributed by atoms with Gasteiger partial charge in [-0.15, -0.1) is 0 Å². The fraction of sp³-hybridized carbons (Fsp3) is 0.300. The molecule has 76 valence electrons. The highest BCUT2D eigenvalue weighted by atomic mass is 16.5. The van der Waals surface area contributed by atoms with E-state index in [9.17, 15) is 0 Å². The van der Waals surface area contributed by atoms with E-state index in [1.165, 1.54) is 0 Å². The average Bonchev–Trinajstić information content (AvgIpc) is 2.76. The van der Waals surface area contributed by atoms with E-state index in [0.29, 0.717) is 19.0 Å². The zero-order valence-corrected chi connectivity index (χ0v) is 8.08. The number of rotatable bonds is 3. The van der Waals surface area contributed by atoms with Gasteiger partial charge in [-0.25, -0.2) is 4.99 Å². The summed E-state index contributed by atoms with van der Waals surface area (Å²) in [6.45, 7) is 0.843. The van der Waals surface area contributed by atoms with Crippen molar-refractivity contribution in [2.45, 2.75) is 6.04 Å². The van der Waals surface area contributed by atoms with E-state index < -0.39 is 0 Å². The Morgan fingerprint density at radius 3 is 3.00 bits per heavy atom. The first-order valence-corrected chi connectivity index (χ1v) is 4.67. The van der Waals surface area contributed by atoms with E-state index >= 15 is 0 Å². The van der Waals surface area contributed by atoms with E-state index in [-0.39, 0.29) is 6.04 Å². The normalized spacial score (nSPS) is 18.9. The molecular weight excluding hydrogens is 192 g/mol. The fourth-order valence-electron chi connectivity index (χ4n) is 1.38. The van der Waals surface area contributed by atoms with E-state index in [4.69, 9.17) is 10.3 Å². The molecule has 1 aromatic rings. The van der Waals surface area contributed by atoms with Gasteiger partial charge in [-0.1, -0.05) is 23.3 Å². The molecule has 0 radical (unpaired) electrons. The second-order valence-electron chi connectivity index (χ2n) is 3.18. The van der Waals surface area contributed by atoms with Crippen molar-refractivity contribution in [2.24, 2.45) is 10.1 Å². The van der Waals surface area contributed by atoms with Crippen molar-refractivity contribution >= 4 is 5.90 Å². The van der Waals surface area contributed by atoms with E-state index in [0.717, 1.165) is 5.56 Å². The molecule has 0 saturated heterocycles. The van der Waals surface area contributed by atoms with Gasteiger partial charge in [0, 0.05) is 10.5 Å². The lowest BCUT2D eigenvalue weighted by atomic mass is 10.2. The summed E-state index contributed by atoms with van der Waals surface area (Å²) in [5, 5.41) is 3.48. The molecule has 1 atom stereocenters. The Morgan fingerprint density at radius 2 is 2.27 bits per heavy atom. The lowest BCUT2D eigenvalue weighted by Crippen LogP contribution is -2.09. The molecule has 1 aromatic carbocycles. The second kappa shape index (κ2) is 4.48. The largest absolute Gasteiger partial charge is 0.475 e. The monoisotopic (exact) mass is 202 g/mol. The summed E-state index contributed by atoms with van der Waals surface area (Å²) < 4.78 is 5.42. The number of benzene rings is 1. The van der Waals surface area contributed by atoms with Crippen LogP contribution in [0.15, 0.2) is 40.4 Å². The lowest BCUT2D eigenvalue weighted by Gasteiger charge is -1.99. The molecule has 0 spiro atoms. The highest BCUT2D eigenvalue weighted by Gasteiger charge is 2.18. The van der Waals surface area contributed by atoms with Crippen molar-refractivity contribution in [2.75, 3.05) is 13.2 Å². The topological polar surface area (TPSA) is 70.4 Å². The quantitative estimate of drug-likeness (QED) is 0.420. The molecule has 0 aromatic heterocycles. The first kappa shape index (κ1) is 9.55. The minimum atomic E-state index is -0.0453. The number of azide groups is 1. The summed E-state index contributed by atoms with van der Waals surface area (Å²) in [7, 11) is 0. The summed E-state index contributed by atoms with van der Waals surface area (Å²) in [4.78, 5) is 7.02. The van der Waals surface area contributed by atoms with Gasteiger partial charge >= 0.3 is 0 Å². The van der Waals surface area contributed by atoms with Crippen molar-refractivity contribution in [1.82, 2.24) is 0 Å². The molecule has 1 aliphatic heterocycles. The minimum absolute atomic E-state index is 0.0453. The van der Waals surface area contributed by atoms with Crippen molar-refractivity contribution in [1.29, 1.82) is 0 Å². The van der Waals surface area contributed by atoms with Gasteiger partial charge in [-0.05, 0) is 17.7 Å². The molecule has 0 saturated carbocycles. The van der Waals surface area contributed by atoms with Gasteiger partial charge < -0.3 is 4.74 Å². The highest BCUT2D eigenvalue weighted by molar-refractivity contribution is 5.95. The third kappa shape index (κ3) is 2.27. The Kier molecular flexibility index (Phi) is 2.85. The molecule has 1 aliphatic rings. The smallest absolute Gasteiger partial charge is 0.216 e. The molecule has 15 heavy (non-hydrogen) atoms. The number of ether oxygens (including phenoxy) is 1. The van der Waals surface area contributed by atoms with Crippen LogP contribution in [-0.4, -0.2) is 25.1 Å². The van der Waals surface area contributed by atoms with Gasteiger partial charge in [0.25, 0.3) is 0 Å². The van der Waals surface area contributed by atoms with Crippen molar-refractivity contribution in [3.8, 4) is 0 Å². The van der Waals surface area contributed by atoms with Gasteiger partial charge in [0.1, 0.15) is 6.61 Å². The lowest BCUT2D eigenvalue weighted by molar-refractivity contribution is 0.319. The third-order valence-corrected chi connectivity index (χ3v) is 2.09. The molecule has 0 bridgehead atoms. The predicted molar refractivity (Wildman–Crippen MR) is 56.7 cm³/mol. The first-order chi connectivity index (χ1) is 7.40. The number of hydrogen-bond acceptors (Lipinski definition) is 3. The molecule has 0 aliphatic carbocycles. The Bertz CT molecular complexity index is 409.